The average molecular weight is 274 g/mol. The van der Waals surface area contributed by atoms with Gasteiger partial charge in [0.05, 0.1) is 11.5 Å². The minimum Gasteiger partial charge on any atom is -0.329 e. The standard InChI is InChI=1S/C13H26N2O2S/c1-11-4-3-7-15(12(11)2)13(10-14)5-8-18(16,17)9-6-13/h11-12H,3-10,14H2,1-2H3. The third kappa shape index (κ3) is 2.58. The Morgan fingerprint density at radius 2 is 1.89 bits per heavy atom. The quantitative estimate of drug-likeness (QED) is 0.816. The van der Waals surface area contributed by atoms with Crippen molar-refractivity contribution in [2.75, 3.05) is 24.6 Å². The fourth-order valence-corrected chi connectivity index (χ4v) is 5.12. The largest absolute Gasteiger partial charge is 0.329 e. The molecule has 0 radical (unpaired) electrons. The Kier molecular flexibility index (Phi) is 4.04. The van der Waals surface area contributed by atoms with Crippen LogP contribution in [0.5, 0.6) is 0 Å². The number of nitrogens with two attached hydrogens (primary N) is 1. The molecular formula is C13H26N2O2S. The highest BCUT2D eigenvalue weighted by atomic mass is 32.2. The van der Waals surface area contributed by atoms with Crippen molar-refractivity contribution in [3.63, 3.8) is 0 Å². The summed E-state index contributed by atoms with van der Waals surface area (Å²) >= 11 is 0. The van der Waals surface area contributed by atoms with Crippen molar-refractivity contribution < 1.29 is 8.42 Å². The van der Waals surface area contributed by atoms with Crippen molar-refractivity contribution in [3.05, 3.63) is 0 Å². The van der Waals surface area contributed by atoms with E-state index in [1.165, 1.54) is 12.8 Å². The highest BCUT2D eigenvalue weighted by molar-refractivity contribution is 7.91. The molecule has 2 N–H and O–H groups in total. The summed E-state index contributed by atoms with van der Waals surface area (Å²) in [6.45, 7) is 6.22. The molecule has 0 bridgehead atoms. The second-order valence-electron chi connectivity index (χ2n) is 6.13. The lowest BCUT2D eigenvalue weighted by atomic mass is 9.82. The number of rotatable bonds is 2. The molecule has 2 fully saturated rings. The van der Waals surface area contributed by atoms with E-state index in [2.05, 4.69) is 18.7 Å². The van der Waals surface area contributed by atoms with Gasteiger partial charge < -0.3 is 5.73 Å². The van der Waals surface area contributed by atoms with Crippen LogP contribution in [0.1, 0.15) is 39.5 Å². The van der Waals surface area contributed by atoms with Crippen LogP contribution in [-0.2, 0) is 9.84 Å². The van der Waals surface area contributed by atoms with E-state index in [0.29, 0.717) is 42.9 Å². The van der Waals surface area contributed by atoms with Crippen molar-refractivity contribution in [2.45, 2.75) is 51.1 Å². The molecule has 0 aromatic heterocycles. The fourth-order valence-electron chi connectivity index (χ4n) is 3.53. The van der Waals surface area contributed by atoms with Crippen LogP contribution in [0, 0.1) is 5.92 Å². The summed E-state index contributed by atoms with van der Waals surface area (Å²) in [4.78, 5) is 2.51. The average Bonchev–Trinajstić information content (AvgIpc) is 2.34. The first-order chi connectivity index (χ1) is 8.40. The maximum Gasteiger partial charge on any atom is 0.150 e. The third-order valence-electron chi connectivity index (χ3n) is 5.12. The first-order valence-corrected chi connectivity index (χ1v) is 8.90. The molecule has 0 aromatic rings. The van der Waals surface area contributed by atoms with E-state index in [1.54, 1.807) is 0 Å². The van der Waals surface area contributed by atoms with Gasteiger partial charge in [0.1, 0.15) is 9.84 Å². The molecule has 2 saturated heterocycles. The molecule has 0 aromatic carbocycles. The van der Waals surface area contributed by atoms with Gasteiger partial charge in [0.25, 0.3) is 0 Å². The second kappa shape index (κ2) is 5.10. The molecule has 2 atom stereocenters. The second-order valence-corrected chi connectivity index (χ2v) is 8.44. The summed E-state index contributed by atoms with van der Waals surface area (Å²) < 4.78 is 23.2. The Bertz CT molecular complexity index is 380. The zero-order valence-corrected chi connectivity index (χ0v) is 12.4. The van der Waals surface area contributed by atoms with Crippen molar-refractivity contribution in [2.24, 2.45) is 11.7 Å². The molecule has 18 heavy (non-hydrogen) atoms. The summed E-state index contributed by atoms with van der Waals surface area (Å²) in [6.07, 6.45) is 3.91. The van der Waals surface area contributed by atoms with E-state index in [0.717, 1.165) is 6.54 Å². The predicted octanol–water partition coefficient (Wildman–Crippen LogP) is 1.01. The van der Waals surface area contributed by atoms with Gasteiger partial charge in [-0.25, -0.2) is 8.42 Å². The monoisotopic (exact) mass is 274 g/mol. The van der Waals surface area contributed by atoms with Crippen LogP contribution in [0.25, 0.3) is 0 Å². The van der Waals surface area contributed by atoms with Crippen LogP contribution < -0.4 is 5.73 Å². The molecule has 2 heterocycles. The molecule has 0 saturated carbocycles. The van der Waals surface area contributed by atoms with E-state index in [1.807, 2.05) is 0 Å². The van der Waals surface area contributed by atoms with Crippen LogP contribution in [0.2, 0.25) is 0 Å². The summed E-state index contributed by atoms with van der Waals surface area (Å²) in [7, 11) is -2.82. The molecular weight excluding hydrogens is 248 g/mol. The van der Waals surface area contributed by atoms with E-state index < -0.39 is 9.84 Å². The molecule has 5 heteroatoms. The maximum absolute atomic E-state index is 11.6. The Hall–Kier alpha value is -0.130. The molecule has 2 aliphatic rings. The number of likely N-dealkylation sites (tertiary alicyclic amines) is 1. The predicted molar refractivity (Wildman–Crippen MR) is 74.2 cm³/mol. The third-order valence-corrected chi connectivity index (χ3v) is 6.77. The molecule has 106 valence electrons. The van der Waals surface area contributed by atoms with Crippen LogP contribution >= 0.6 is 0 Å². The SMILES string of the molecule is CC1CCCN(C2(CN)CCS(=O)(=O)CC2)C1C. The van der Waals surface area contributed by atoms with Gasteiger partial charge in [-0.05, 0) is 45.1 Å². The zero-order chi connectivity index (χ0) is 13.4. The number of hydrogen-bond acceptors (Lipinski definition) is 4. The van der Waals surface area contributed by atoms with Gasteiger partial charge in [0.15, 0.2) is 0 Å². The molecule has 2 rings (SSSR count). The number of nitrogens with zero attached hydrogens (tertiary/aromatic N) is 1. The van der Waals surface area contributed by atoms with Crippen molar-refractivity contribution in [3.8, 4) is 0 Å². The van der Waals surface area contributed by atoms with Gasteiger partial charge in [0.2, 0.25) is 0 Å². The lowest BCUT2D eigenvalue weighted by Crippen LogP contribution is -2.62. The Labute approximate surface area is 111 Å². The minimum absolute atomic E-state index is 0.0700. The highest BCUT2D eigenvalue weighted by Crippen LogP contribution is 2.36. The van der Waals surface area contributed by atoms with Crippen molar-refractivity contribution in [1.82, 2.24) is 4.90 Å². The zero-order valence-electron chi connectivity index (χ0n) is 11.6. The topological polar surface area (TPSA) is 63.4 Å². The Morgan fingerprint density at radius 3 is 2.44 bits per heavy atom. The number of piperidine rings is 1. The van der Waals surface area contributed by atoms with E-state index >= 15 is 0 Å². The van der Waals surface area contributed by atoms with Crippen LogP contribution in [0.4, 0.5) is 0 Å². The maximum atomic E-state index is 11.6. The van der Waals surface area contributed by atoms with Gasteiger partial charge in [-0.15, -0.1) is 0 Å². The summed E-state index contributed by atoms with van der Waals surface area (Å²) in [5.41, 5.74) is 5.96. The van der Waals surface area contributed by atoms with Gasteiger partial charge in [-0.1, -0.05) is 6.92 Å². The lowest BCUT2D eigenvalue weighted by molar-refractivity contribution is -0.00186. The van der Waals surface area contributed by atoms with Gasteiger partial charge in [-0.2, -0.15) is 0 Å². The Morgan fingerprint density at radius 1 is 1.28 bits per heavy atom. The normalized spacial score (nSPS) is 36.4. The molecule has 0 amide bonds. The molecule has 4 nitrogen and oxygen atoms in total. The van der Waals surface area contributed by atoms with Crippen LogP contribution in [-0.4, -0.2) is 49.5 Å². The van der Waals surface area contributed by atoms with Crippen LogP contribution in [0.3, 0.4) is 0 Å². The van der Waals surface area contributed by atoms with E-state index in [9.17, 15) is 8.42 Å². The van der Waals surface area contributed by atoms with Crippen molar-refractivity contribution in [1.29, 1.82) is 0 Å². The van der Waals surface area contributed by atoms with Crippen molar-refractivity contribution >= 4 is 9.84 Å². The molecule has 2 aliphatic heterocycles. The summed E-state index contributed by atoms with van der Waals surface area (Å²) in [5, 5.41) is 0. The number of hydrogen-bond donors (Lipinski definition) is 1. The Balaban J connectivity index is 2.17. The van der Waals surface area contributed by atoms with Gasteiger partial charge >= 0.3 is 0 Å². The lowest BCUT2D eigenvalue weighted by Gasteiger charge is -2.52. The smallest absolute Gasteiger partial charge is 0.150 e. The molecule has 0 aliphatic carbocycles. The summed E-state index contributed by atoms with van der Waals surface area (Å²) in [5.74, 6) is 1.30. The van der Waals surface area contributed by atoms with Crippen LogP contribution in [0.15, 0.2) is 0 Å². The first-order valence-electron chi connectivity index (χ1n) is 7.07. The fraction of sp³-hybridized carbons (Fsp3) is 1.00. The van der Waals surface area contributed by atoms with E-state index in [-0.39, 0.29) is 5.54 Å². The first kappa shape index (κ1) is 14.3. The highest BCUT2D eigenvalue weighted by Gasteiger charge is 2.44. The number of sulfone groups is 1. The van der Waals surface area contributed by atoms with E-state index in [4.69, 9.17) is 5.73 Å². The molecule has 0 spiro atoms. The van der Waals surface area contributed by atoms with Gasteiger partial charge in [0, 0.05) is 18.1 Å². The minimum atomic E-state index is -2.82. The molecule has 2 unspecified atom stereocenters. The van der Waals surface area contributed by atoms with Gasteiger partial charge in [-0.3, -0.25) is 4.90 Å². The summed E-state index contributed by atoms with van der Waals surface area (Å²) in [6, 6.07) is 0.517.